The van der Waals surface area contributed by atoms with Crippen molar-refractivity contribution in [3.05, 3.63) is 112 Å². The molecule has 3 N–H and O–H groups in total. The zero-order valence-corrected chi connectivity index (χ0v) is 39.8. The number of hydrogen-bond acceptors (Lipinski definition) is 6. The Hall–Kier alpha value is -4.27. The first-order chi connectivity index (χ1) is 26.4. The monoisotopic (exact) mass is 814 g/mol. The number of rotatable bonds is 7. The molecule has 1 heterocycles. The molecule has 0 saturated carbocycles. The van der Waals surface area contributed by atoms with Gasteiger partial charge in [0, 0.05) is 18.5 Å². The molecule has 0 spiro atoms. The van der Waals surface area contributed by atoms with Crippen LogP contribution >= 0.6 is 0 Å². The number of aromatic nitrogens is 3. The van der Waals surface area contributed by atoms with Crippen molar-refractivity contribution in [3.63, 3.8) is 0 Å². The molecule has 326 valence electrons. The van der Waals surface area contributed by atoms with Crippen LogP contribution in [0.25, 0.3) is 0 Å². The molecule has 1 aromatic heterocycles. The van der Waals surface area contributed by atoms with Crippen LogP contribution in [0.1, 0.15) is 171 Å². The average molecular weight is 814 g/mol. The maximum Gasteiger partial charge on any atom is 0.336 e. The lowest BCUT2D eigenvalue weighted by Gasteiger charge is -2.40. The zero-order valence-electron chi connectivity index (χ0n) is 39.8. The normalized spacial score (nSPS) is 17.4. The molecule has 0 saturated heterocycles. The fourth-order valence-electron chi connectivity index (χ4n) is 8.25. The second-order valence-corrected chi connectivity index (χ2v) is 23.7. The van der Waals surface area contributed by atoms with E-state index >= 15 is 0 Å². The molecular weight excluding hydrogens is 739 g/mol. The third-order valence-electron chi connectivity index (χ3n) is 11.8. The number of hydrogen-bond donors (Lipinski definition) is 3. The second kappa shape index (κ2) is 15.3. The fourth-order valence-corrected chi connectivity index (χ4v) is 8.25. The van der Waals surface area contributed by atoms with Crippen molar-refractivity contribution in [1.82, 2.24) is 13.7 Å². The van der Waals surface area contributed by atoms with Gasteiger partial charge in [0.1, 0.15) is 17.3 Å². The molecule has 0 amide bonds. The minimum Gasteiger partial charge on any atom is -0.508 e. The molecule has 0 fully saturated rings. The van der Waals surface area contributed by atoms with Gasteiger partial charge in [0.05, 0.1) is 6.54 Å². The van der Waals surface area contributed by atoms with Gasteiger partial charge in [0.15, 0.2) is 0 Å². The molecule has 59 heavy (non-hydrogen) atoms. The molecule has 0 aliphatic heterocycles. The van der Waals surface area contributed by atoms with Crippen LogP contribution in [0.15, 0.2) is 61.6 Å². The highest BCUT2D eigenvalue weighted by molar-refractivity contribution is 5.51. The Morgan fingerprint density at radius 3 is 1.27 bits per heavy atom. The Bertz CT molecular complexity index is 2290. The van der Waals surface area contributed by atoms with Gasteiger partial charge in [0.25, 0.3) is 0 Å². The molecule has 0 bridgehead atoms. The predicted molar refractivity (Wildman–Crippen MR) is 242 cm³/mol. The van der Waals surface area contributed by atoms with Gasteiger partial charge < -0.3 is 15.3 Å². The smallest absolute Gasteiger partial charge is 0.336 e. The van der Waals surface area contributed by atoms with E-state index in [0.29, 0.717) is 29.5 Å². The minimum atomic E-state index is -0.766. The summed E-state index contributed by atoms with van der Waals surface area (Å²) in [6.45, 7) is 38.5. The second-order valence-electron chi connectivity index (χ2n) is 23.7. The molecule has 4 rings (SSSR count). The zero-order chi connectivity index (χ0) is 45.4. The van der Waals surface area contributed by atoms with Crippen molar-refractivity contribution in [2.45, 2.75) is 186 Å². The maximum atomic E-state index is 14.8. The van der Waals surface area contributed by atoms with Gasteiger partial charge in [-0.15, -0.1) is 0 Å². The van der Waals surface area contributed by atoms with Crippen molar-refractivity contribution in [3.8, 4) is 11.5 Å². The average Bonchev–Trinajstić information content (AvgIpc) is 3.04. The molecule has 2 aromatic carbocycles. The van der Waals surface area contributed by atoms with Gasteiger partial charge in [-0.25, -0.2) is 28.1 Å². The SMILES string of the molecule is CC1(Cn2c(=O)n(CCc3cc(C(C)(C)C)c(O)c(C(C)(C)C)c3)c(=O)n(Cc3cc(C(C)(C)C)c(O)c(C(C)(C)C)c3)c2=O)C=C(C(C)(C)C)C(O)=C(C(C)(C)C)C1. The summed E-state index contributed by atoms with van der Waals surface area (Å²) in [6, 6.07) is 7.63. The molecule has 0 radical (unpaired) electrons. The summed E-state index contributed by atoms with van der Waals surface area (Å²) in [5.74, 6) is 0.698. The Morgan fingerprint density at radius 1 is 0.525 bits per heavy atom. The number of phenolic OH excluding ortho intramolecular Hbond substituents is 2. The van der Waals surface area contributed by atoms with E-state index < -0.39 is 44.1 Å². The summed E-state index contributed by atoms with van der Waals surface area (Å²) in [5, 5.41) is 34.5. The highest BCUT2D eigenvalue weighted by Gasteiger charge is 2.40. The Labute approximate surface area is 353 Å². The quantitative estimate of drug-likeness (QED) is 0.218. The Morgan fingerprint density at radius 2 is 0.898 bits per heavy atom. The van der Waals surface area contributed by atoms with E-state index in [4.69, 9.17) is 0 Å². The number of phenols is 2. The number of aromatic hydroxyl groups is 2. The van der Waals surface area contributed by atoms with Crippen LogP contribution in [0.2, 0.25) is 0 Å². The molecule has 3 aromatic rings. The summed E-state index contributed by atoms with van der Waals surface area (Å²) in [7, 11) is 0. The first-order valence-corrected chi connectivity index (χ1v) is 21.2. The van der Waals surface area contributed by atoms with Crippen molar-refractivity contribution in [1.29, 1.82) is 0 Å². The lowest BCUT2D eigenvalue weighted by atomic mass is 9.66. The number of aryl methyl sites for hydroxylation is 1. The van der Waals surface area contributed by atoms with E-state index in [0.717, 1.165) is 32.4 Å². The van der Waals surface area contributed by atoms with Gasteiger partial charge >= 0.3 is 17.1 Å². The van der Waals surface area contributed by atoms with Gasteiger partial charge in [-0.2, -0.15) is 0 Å². The van der Waals surface area contributed by atoms with Gasteiger partial charge in [-0.05, 0) is 102 Å². The number of benzene rings is 2. The Balaban J connectivity index is 2.03. The van der Waals surface area contributed by atoms with Crippen LogP contribution in [0, 0.1) is 16.2 Å². The van der Waals surface area contributed by atoms with E-state index in [9.17, 15) is 29.7 Å². The molecule has 1 aliphatic carbocycles. The number of aliphatic hydroxyl groups excluding tert-OH is 1. The standard InChI is InChI=1S/C50H75N3O6/c1-44(2,3)32-22-30(23-33(38(32)54)45(4,5)6)20-21-51-41(57)52(28-31-24-34(46(7,8)9)39(55)35(25-31)47(10,11)12)43(59)53(42(51)58)29-50(19)26-36(48(13,14)15)40(56)37(27-50)49(16,17)18/h22-26,54-56H,20-21,27-29H2,1-19H3. The van der Waals surface area contributed by atoms with E-state index in [-0.39, 0.29) is 47.7 Å². The van der Waals surface area contributed by atoms with Gasteiger partial charge in [0.2, 0.25) is 0 Å². The molecular formula is C50H75N3O6. The Kier molecular flexibility index (Phi) is 12.3. The summed E-state index contributed by atoms with van der Waals surface area (Å²) in [6.07, 6.45) is 2.72. The molecule has 9 heteroatoms. The van der Waals surface area contributed by atoms with E-state index in [2.05, 4.69) is 20.8 Å². The van der Waals surface area contributed by atoms with E-state index in [1.807, 2.05) is 141 Å². The van der Waals surface area contributed by atoms with Crippen LogP contribution in [0.5, 0.6) is 11.5 Å². The molecule has 9 nitrogen and oxygen atoms in total. The minimum absolute atomic E-state index is 0.000323. The summed E-state index contributed by atoms with van der Waals surface area (Å²) in [5.41, 5.74) is 0.767. The summed E-state index contributed by atoms with van der Waals surface area (Å²) < 4.78 is 3.54. The first-order valence-electron chi connectivity index (χ1n) is 21.2. The van der Waals surface area contributed by atoms with Crippen LogP contribution in [0.3, 0.4) is 0 Å². The van der Waals surface area contributed by atoms with Crippen LogP contribution in [-0.2, 0) is 47.7 Å². The highest BCUT2D eigenvalue weighted by atomic mass is 16.3. The third kappa shape index (κ3) is 10.0. The molecule has 1 atom stereocenters. The van der Waals surface area contributed by atoms with Crippen LogP contribution in [0.4, 0.5) is 0 Å². The van der Waals surface area contributed by atoms with Crippen LogP contribution in [-0.4, -0.2) is 29.0 Å². The lowest BCUT2D eigenvalue weighted by molar-refractivity contribution is 0.257. The largest absolute Gasteiger partial charge is 0.508 e. The highest BCUT2D eigenvalue weighted by Crippen LogP contribution is 2.49. The van der Waals surface area contributed by atoms with Crippen molar-refractivity contribution >= 4 is 0 Å². The first kappa shape index (κ1) is 47.4. The lowest BCUT2D eigenvalue weighted by Crippen LogP contribution is -2.56. The van der Waals surface area contributed by atoms with Crippen molar-refractivity contribution in [2.24, 2.45) is 16.2 Å². The van der Waals surface area contributed by atoms with Crippen LogP contribution < -0.4 is 17.1 Å². The number of aliphatic hydroxyl groups is 1. The maximum absolute atomic E-state index is 14.8. The fraction of sp³-hybridized carbons (Fsp3) is 0.620. The van der Waals surface area contributed by atoms with Gasteiger partial charge in [-0.3, -0.25) is 0 Å². The summed E-state index contributed by atoms with van der Waals surface area (Å²) >= 11 is 0. The van der Waals surface area contributed by atoms with Crippen molar-refractivity contribution < 1.29 is 15.3 Å². The van der Waals surface area contributed by atoms with Gasteiger partial charge in [-0.1, -0.05) is 150 Å². The molecule has 1 aliphatic rings. The molecule has 1 unspecified atom stereocenters. The predicted octanol–water partition coefficient (Wildman–Crippen LogP) is 10.3. The van der Waals surface area contributed by atoms with E-state index in [1.165, 1.54) is 9.13 Å². The third-order valence-corrected chi connectivity index (χ3v) is 11.8. The number of nitrogens with zero attached hydrogens (tertiary/aromatic N) is 3. The van der Waals surface area contributed by atoms with Crippen molar-refractivity contribution in [2.75, 3.05) is 0 Å². The van der Waals surface area contributed by atoms with E-state index in [1.54, 1.807) is 0 Å². The topological polar surface area (TPSA) is 127 Å². The summed E-state index contributed by atoms with van der Waals surface area (Å²) in [4.78, 5) is 44.2. The number of allylic oxidation sites excluding steroid dienone is 3.